The van der Waals surface area contributed by atoms with Gasteiger partial charge in [-0.15, -0.1) is 0 Å². The summed E-state index contributed by atoms with van der Waals surface area (Å²) in [6, 6.07) is 0. The van der Waals surface area contributed by atoms with E-state index in [0.29, 0.717) is 30.0 Å². The van der Waals surface area contributed by atoms with E-state index in [-0.39, 0.29) is 5.92 Å². The molecule has 0 bridgehead atoms. The summed E-state index contributed by atoms with van der Waals surface area (Å²) < 4.78 is 1.62. The quantitative estimate of drug-likeness (QED) is 0.662. The molecule has 2 unspecified atom stereocenters. The minimum absolute atomic E-state index is 0.0478. The van der Waals surface area contributed by atoms with Crippen LogP contribution in [0.5, 0.6) is 0 Å². The second kappa shape index (κ2) is 5.97. The molecule has 0 spiro atoms. The van der Waals surface area contributed by atoms with Gasteiger partial charge in [0, 0.05) is 31.7 Å². The number of piperidine rings is 1. The van der Waals surface area contributed by atoms with E-state index >= 15 is 0 Å². The summed E-state index contributed by atoms with van der Waals surface area (Å²) in [6.07, 6.45) is 1.25. The van der Waals surface area contributed by atoms with Gasteiger partial charge in [-0.3, -0.25) is 14.3 Å². The molecule has 2 rings (SSSR count). The van der Waals surface area contributed by atoms with Crippen molar-refractivity contribution in [1.29, 1.82) is 0 Å². The Balaban J connectivity index is 2.17. The zero-order chi connectivity index (χ0) is 15.7. The van der Waals surface area contributed by atoms with Gasteiger partial charge in [0.15, 0.2) is 0 Å². The van der Waals surface area contributed by atoms with Crippen LogP contribution in [0.4, 0.5) is 0 Å². The van der Waals surface area contributed by atoms with Crippen LogP contribution < -0.4 is 0 Å². The summed E-state index contributed by atoms with van der Waals surface area (Å²) in [6.45, 7) is 6.28. The number of nitrogens with zero attached hydrogens (tertiary/aromatic N) is 3. The summed E-state index contributed by atoms with van der Waals surface area (Å²) >= 11 is 0. The summed E-state index contributed by atoms with van der Waals surface area (Å²) in [5.41, 5.74) is 1.69. The number of carbonyl (C=O) groups is 2. The number of hydrogen-bond acceptors (Lipinski definition) is 4. The molecule has 1 aromatic rings. The first-order chi connectivity index (χ1) is 9.82. The fourth-order valence-corrected chi connectivity index (χ4v) is 2.94. The van der Waals surface area contributed by atoms with E-state index in [1.54, 1.807) is 37.4 Å². The van der Waals surface area contributed by atoms with E-state index in [0.717, 1.165) is 12.8 Å². The van der Waals surface area contributed by atoms with Crippen LogP contribution in [0.25, 0.3) is 0 Å². The maximum atomic E-state index is 12.5. The number of aliphatic hydroxyl groups is 1. The minimum atomic E-state index is -0.496. The molecule has 0 aliphatic carbocycles. The highest BCUT2D eigenvalue weighted by atomic mass is 16.3. The average molecular weight is 293 g/mol. The van der Waals surface area contributed by atoms with Gasteiger partial charge in [0.25, 0.3) is 11.7 Å². The van der Waals surface area contributed by atoms with Crippen LogP contribution in [0.3, 0.4) is 0 Å². The molecule has 6 nitrogen and oxygen atoms in total. The molecule has 0 radical (unpaired) electrons. The van der Waals surface area contributed by atoms with E-state index in [9.17, 15) is 14.7 Å². The molecule has 116 valence electrons. The van der Waals surface area contributed by atoms with Gasteiger partial charge in [-0.05, 0) is 33.6 Å². The highest BCUT2D eigenvalue weighted by Gasteiger charge is 2.32. The predicted octanol–water partition coefficient (Wildman–Crippen LogP) is 0.839. The lowest BCUT2D eigenvalue weighted by Gasteiger charge is -2.33. The van der Waals surface area contributed by atoms with Gasteiger partial charge >= 0.3 is 0 Å². The largest absolute Gasteiger partial charge is 0.393 e. The number of likely N-dealkylation sites (tertiary alicyclic amines) is 1. The van der Waals surface area contributed by atoms with Crippen LogP contribution >= 0.6 is 0 Å². The number of Topliss-reactive ketones (excluding diaryl/α,β-unsaturated/α-hetero) is 1. The van der Waals surface area contributed by atoms with Gasteiger partial charge in [0.1, 0.15) is 0 Å². The van der Waals surface area contributed by atoms with E-state index in [2.05, 4.69) is 5.10 Å². The number of carbonyl (C=O) groups excluding carboxylic acids is 2. The van der Waals surface area contributed by atoms with Crippen molar-refractivity contribution in [2.45, 2.75) is 39.7 Å². The van der Waals surface area contributed by atoms with E-state index in [1.807, 2.05) is 0 Å². The van der Waals surface area contributed by atoms with Gasteiger partial charge in [0.2, 0.25) is 0 Å². The van der Waals surface area contributed by atoms with Crippen LogP contribution in [0.2, 0.25) is 0 Å². The van der Waals surface area contributed by atoms with Crippen molar-refractivity contribution in [3.8, 4) is 0 Å². The Labute approximate surface area is 124 Å². The first-order valence-corrected chi connectivity index (χ1v) is 7.34. The first kappa shape index (κ1) is 15.7. The Morgan fingerprint density at radius 2 is 2.05 bits per heavy atom. The van der Waals surface area contributed by atoms with Gasteiger partial charge in [0.05, 0.1) is 17.4 Å². The van der Waals surface area contributed by atoms with Gasteiger partial charge in [-0.2, -0.15) is 5.10 Å². The number of amides is 1. The molecule has 1 aliphatic heterocycles. The van der Waals surface area contributed by atoms with Crippen LogP contribution in [-0.4, -0.2) is 50.7 Å². The average Bonchev–Trinajstić information content (AvgIpc) is 2.70. The predicted molar refractivity (Wildman–Crippen MR) is 78.0 cm³/mol. The Kier molecular flexibility index (Phi) is 4.46. The SMILES string of the molecule is Cc1nn(C)c(C)c1C(=O)C(=O)N1CCCC(C(C)O)C1. The van der Waals surface area contributed by atoms with Crippen molar-refractivity contribution in [1.82, 2.24) is 14.7 Å². The molecule has 1 fully saturated rings. The lowest BCUT2D eigenvalue weighted by atomic mass is 9.93. The third kappa shape index (κ3) is 3.00. The molecular weight excluding hydrogens is 270 g/mol. The molecule has 0 saturated carbocycles. The molecule has 1 N–H and O–H groups in total. The second-order valence-corrected chi connectivity index (χ2v) is 5.89. The second-order valence-electron chi connectivity index (χ2n) is 5.89. The maximum absolute atomic E-state index is 12.5. The van der Waals surface area contributed by atoms with Gasteiger partial charge < -0.3 is 10.0 Å². The number of ketones is 1. The normalized spacial score (nSPS) is 20.4. The summed E-state index contributed by atoms with van der Waals surface area (Å²) in [5, 5.41) is 13.9. The van der Waals surface area contributed by atoms with E-state index in [1.165, 1.54) is 0 Å². The van der Waals surface area contributed by atoms with Crippen molar-refractivity contribution < 1.29 is 14.7 Å². The molecule has 1 saturated heterocycles. The van der Waals surface area contributed by atoms with Crippen LogP contribution in [0.15, 0.2) is 0 Å². The highest BCUT2D eigenvalue weighted by molar-refractivity contribution is 6.43. The minimum Gasteiger partial charge on any atom is -0.393 e. The summed E-state index contributed by atoms with van der Waals surface area (Å²) in [5.74, 6) is -0.935. The van der Waals surface area contributed by atoms with Crippen molar-refractivity contribution in [2.24, 2.45) is 13.0 Å². The number of rotatable bonds is 3. The van der Waals surface area contributed by atoms with E-state index < -0.39 is 17.8 Å². The Bertz CT molecular complexity index is 563. The van der Waals surface area contributed by atoms with Crippen molar-refractivity contribution >= 4 is 11.7 Å². The third-order valence-electron chi connectivity index (χ3n) is 4.36. The lowest BCUT2D eigenvalue weighted by molar-refractivity contribution is -0.129. The molecular formula is C15H23N3O3. The zero-order valence-corrected chi connectivity index (χ0v) is 13.1. The van der Waals surface area contributed by atoms with Gasteiger partial charge in [-0.25, -0.2) is 0 Å². The summed E-state index contributed by atoms with van der Waals surface area (Å²) in [4.78, 5) is 26.5. The molecule has 6 heteroatoms. The molecule has 1 aliphatic rings. The molecule has 2 atom stereocenters. The molecule has 1 aromatic heterocycles. The fraction of sp³-hybridized carbons (Fsp3) is 0.667. The van der Waals surface area contributed by atoms with Crippen LogP contribution in [0, 0.1) is 19.8 Å². The van der Waals surface area contributed by atoms with Crippen LogP contribution in [-0.2, 0) is 11.8 Å². The topological polar surface area (TPSA) is 75.4 Å². The Hall–Kier alpha value is -1.69. The smallest absolute Gasteiger partial charge is 0.295 e. The number of aliphatic hydroxyl groups excluding tert-OH is 1. The van der Waals surface area contributed by atoms with Crippen molar-refractivity contribution in [3.05, 3.63) is 17.0 Å². The Morgan fingerprint density at radius 1 is 1.38 bits per heavy atom. The van der Waals surface area contributed by atoms with Crippen molar-refractivity contribution in [3.63, 3.8) is 0 Å². The van der Waals surface area contributed by atoms with E-state index in [4.69, 9.17) is 0 Å². The molecule has 0 aromatic carbocycles. The Morgan fingerprint density at radius 3 is 2.57 bits per heavy atom. The number of aromatic nitrogens is 2. The number of hydrogen-bond donors (Lipinski definition) is 1. The lowest BCUT2D eigenvalue weighted by Crippen LogP contribution is -2.45. The fourth-order valence-electron chi connectivity index (χ4n) is 2.94. The standard InChI is InChI=1S/C15H23N3O3/c1-9-13(10(2)17(4)16-9)14(20)15(21)18-7-5-6-12(8-18)11(3)19/h11-12,19H,5-8H2,1-4H3. The molecule has 2 heterocycles. The summed E-state index contributed by atoms with van der Waals surface area (Å²) in [7, 11) is 1.76. The molecule has 1 amide bonds. The van der Waals surface area contributed by atoms with Crippen LogP contribution in [0.1, 0.15) is 41.5 Å². The first-order valence-electron chi connectivity index (χ1n) is 7.34. The van der Waals surface area contributed by atoms with Gasteiger partial charge in [-0.1, -0.05) is 0 Å². The third-order valence-corrected chi connectivity index (χ3v) is 4.36. The zero-order valence-electron chi connectivity index (χ0n) is 13.1. The molecule has 21 heavy (non-hydrogen) atoms. The number of aryl methyl sites for hydroxylation is 2. The van der Waals surface area contributed by atoms with Crippen molar-refractivity contribution in [2.75, 3.05) is 13.1 Å². The monoisotopic (exact) mass is 293 g/mol. The highest BCUT2D eigenvalue weighted by Crippen LogP contribution is 2.21. The maximum Gasteiger partial charge on any atom is 0.295 e.